The van der Waals surface area contributed by atoms with Crippen LogP contribution in [0.15, 0.2) is 36.4 Å². The summed E-state index contributed by atoms with van der Waals surface area (Å²) >= 11 is 0. The Balaban J connectivity index is 1.90. The van der Waals surface area contributed by atoms with E-state index in [0.717, 1.165) is 35.4 Å². The number of benzene rings is 2. The molecule has 2 N–H and O–H groups in total. The number of aryl methyl sites for hydroxylation is 1. The molecule has 0 aliphatic carbocycles. The van der Waals surface area contributed by atoms with E-state index < -0.39 is 0 Å². The van der Waals surface area contributed by atoms with Crippen molar-refractivity contribution in [1.29, 1.82) is 0 Å². The zero-order valence-corrected chi connectivity index (χ0v) is 15.6. The Kier molecular flexibility index (Phi) is 5.47. The largest absolute Gasteiger partial charge is 0.508 e. The second-order valence-electron chi connectivity index (χ2n) is 7.07. The van der Waals surface area contributed by atoms with Gasteiger partial charge in [0.15, 0.2) is 0 Å². The molecule has 1 atom stereocenters. The fourth-order valence-corrected chi connectivity index (χ4v) is 3.35. The van der Waals surface area contributed by atoms with E-state index in [-0.39, 0.29) is 17.6 Å². The molecule has 26 heavy (non-hydrogen) atoms. The lowest BCUT2D eigenvalue weighted by atomic mass is 9.83. The molecule has 1 heterocycles. The van der Waals surface area contributed by atoms with Gasteiger partial charge in [-0.05, 0) is 50.7 Å². The van der Waals surface area contributed by atoms with Gasteiger partial charge in [0.05, 0.1) is 6.61 Å². The molecule has 3 rings (SSSR count). The van der Waals surface area contributed by atoms with Gasteiger partial charge >= 0.3 is 0 Å². The highest BCUT2D eigenvalue weighted by Crippen LogP contribution is 2.42. The Morgan fingerprint density at radius 3 is 2.77 bits per heavy atom. The lowest BCUT2D eigenvalue weighted by Gasteiger charge is -2.28. The minimum absolute atomic E-state index is 0.0480. The van der Waals surface area contributed by atoms with Crippen molar-refractivity contribution in [3.63, 3.8) is 0 Å². The van der Waals surface area contributed by atoms with Crippen LogP contribution in [0, 0.1) is 6.92 Å². The van der Waals surface area contributed by atoms with E-state index >= 15 is 0 Å². The maximum atomic E-state index is 12.2. The highest BCUT2D eigenvalue weighted by Gasteiger charge is 2.29. The third-order valence-corrected chi connectivity index (χ3v) is 4.71. The molecule has 1 amide bonds. The van der Waals surface area contributed by atoms with Crippen LogP contribution in [0.1, 0.15) is 35.4 Å². The molecule has 1 aliphatic heterocycles. The van der Waals surface area contributed by atoms with Crippen molar-refractivity contribution in [2.75, 3.05) is 32.6 Å². The summed E-state index contributed by atoms with van der Waals surface area (Å²) in [5.74, 6) is 0.886. The molecule has 0 saturated heterocycles. The Labute approximate surface area is 154 Å². The van der Waals surface area contributed by atoms with Gasteiger partial charge in [0.25, 0.3) is 0 Å². The first-order valence-electron chi connectivity index (χ1n) is 8.95. The summed E-state index contributed by atoms with van der Waals surface area (Å²) < 4.78 is 6.04. The predicted molar refractivity (Wildman–Crippen MR) is 103 cm³/mol. The van der Waals surface area contributed by atoms with Gasteiger partial charge in [-0.1, -0.05) is 18.2 Å². The molecular formula is C21H26N2O3. The topological polar surface area (TPSA) is 61.8 Å². The third kappa shape index (κ3) is 3.99. The van der Waals surface area contributed by atoms with Crippen LogP contribution in [0.2, 0.25) is 0 Å². The molecule has 0 saturated carbocycles. The number of aromatic hydroxyl groups is 1. The summed E-state index contributed by atoms with van der Waals surface area (Å²) in [5, 5.41) is 12.8. The molecule has 1 aliphatic rings. The Hall–Kier alpha value is -2.53. The Morgan fingerprint density at radius 1 is 1.23 bits per heavy atom. The number of phenolic OH excluding ortho intramolecular Hbond substituents is 1. The number of hydrogen-bond acceptors (Lipinski definition) is 4. The third-order valence-electron chi connectivity index (χ3n) is 4.71. The van der Waals surface area contributed by atoms with Crippen molar-refractivity contribution in [3.05, 3.63) is 53.1 Å². The fraction of sp³-hybridized carbons (Fsp3) is 0.381. The van der Waals surface area contributed by atoms with Crippen molar-refractivity contribution >= 4 is 11.6 Å². The van der Waals surface area contributed by atoms with Crippen molar-refractivity contribution < 1.29 is 14.6 Å². The molecule has 0 fully saturated rings. The first-order chi connectivity index (χ1) is 12.5. The first kappa shape index (κ1) is 18.3. The minimum atomic E-state index is -0.0805. The summed E-state index contributed by atoms with van der Waals surface area (Å²) in [7, 11) is 4.09. The molecule has 2 aromatic rings. The summed E-state index contributed by atoms with van der Waals surface area (Å²) in [5.41, 5.74) is 3.51. The number of fused-ring (bicyclic) bond motifs is 1. The molecule has 5 heteroatoms. The standard InChI is InChI=1S/C21H26N2O3/c1-14-11-17-16(12-21(25)22-18(17)13-19(14)24)15-7-4-5-8-20(15)26-10-6-9-23(2)3/h4-5,7-8,11,13,16,24H,6,9-10,12H2,1-3H3,(H,22,25). The van der Waals surface area contributed by atoms with Crippen LogP contribution in [0.4, 0.5) is 5.69 Å². The van der Waals surface area contributed by atoms with Crippen LogP contribution in [-0.2, 0) is 4.79 Å². The van der Waals surface area contributed by atoms with Crippen LogP contribution in [0.25, 0.3) is 0 Å². The van der Waals surface area contributed by atoms with Crippen molar-refractivity contribution in [2.24, 2.45) is 0 Å². The fourth-order valence-electron chi connectivity index (χ4n) is 3.35. The van der Waals surface area contributed by atoms with Crippen molar-refractivity contribution in [1.82, 2.24) is 4.90 Å². The Bertz CT molecular complexity index is 802. The summed E-state index contributed by atoms with van der Waals surface area (Å²) in [6, 6.07) is 11.5. The van der Waals surface area contributed by atoms with E-state index in [1.807, 2.05) is 51.4 Å². The second kappa shape index (κ2) is 7.79. The summed E-state index contributed by atoms with van der Waals surface area (Å²) in [6.45, 7) is 3.47. The number of rotatable bonds is 6. The first-order valence-corrected chi connectivity index (χ1v) is 8.95. The maximum absolute atomic E-state index is 12.2. The summed E-state index contributed by atoms with van der Waals surface area (Å²) in [6.07, 6.45) is 1.31. The van der Waals surface area contributed by atoms with Crippen LogP contribution in [-0.4, -0.2) is 43.2 Å². The zero-order valence-electron chi connectivity index (χ0n) is 15.6. The zero-order chi connectivity index (χ0) is 18.7. The van der Waals surface area contributed by atoms with Gasteiger partial charge in [0, 0.05) is 36.2 Å². The quantitative estimate of drug-likeness (QED) is 0.780. The van der Waals surface area contributed by atoms with E-state index in [4.69, 9.17) is 4.74 Å². The molecule has 5 nitrogen and oxygen atoms in total. The number of carbonyl (C=O) groups excluding carboxylic acids is 1. The maximum Gasteiger partial charge on any atom is 0.225 e. The van der Waals surface area contributed by atoms with E-state index in [2.05, 4.69) is 10.2 Å². The number of para-hydroxylation sites is 1. The average molecular weight is 354 g/mol. The summed E-state index contributed by atoms with van der Waals surface area (Å²) in [4.78, 5) is 14.3. The lowest BCUT2D eigenvalue weighted by molar-refractivity contribution is -0.116. The van der Waals surface area contributed by atoms with E-state index in [1.165, 1.54) is 0 Å². The molecule has 2 aromatic carbocycles. The predicted octanol–water partition coefficient (Wildman–Crippen LogP) is 3.51. The van der Waals surface area contributed by atoms with Gasteiger partial charge in [-0.3, -0.25) is 4.79 Å². The normalized spacial score (nSPS) is 16.3. The number of nitrogens with one attached hydrogen (secondary N) is 1. The molecular weight excluding hydrogens is 328 g/mol. The number of ether oxygens (including phenoxy) is 1. The van der Waals surface area contributed by atoms with Gasteiger partial charge in [-0.25, -0.2) is 0 Å². The molecule has 138 valence electrons. The van der Waals surface area contributed by atoms with Gasteiger partial charge < -0.3 is 20.1 Å². The number of phenols is 1. The lowest BCUT2D eigenvalue weighted by Crippen LogP contribution is -2.24. The highest BCUT2D eigenvalue weighted by atomic mass is 16.5. The van der Waals surface area contributed by atoms with Crippen molar-refractivity contribution in [2.45, 2.75) is 25.7 Å². The smallest absolute Gasteiger partial charge is 0.225 e. The van der Waals surface area contributed by atoms with Gasteiger partial charge in [0.2, 0.25) is 5.91 Å². The number of anilines is 1. The highest BCUT2D eigenvalue weighted by molar-refractivity contribution is 5.95. The van der Waals surface area contributed by atoms with Crippen molar-refractivity contribution in [3.8, 4) is 11.5 Å². The van der Waals surface area contributed by atoms with E-state index in [0.29, 0.717) is 18.7 Å². The Morgan fingerprint density at radius 2 is 2.00 bits per heavy atom. The SMILES string of the molecule is Cc1cc2c(cc1O)NC(=O)CC2c1ccccc1OCCCN(C)C. The molecule has 0 spiro atoms. The minimum Gasteiger partial charge on any atom is -0.508 e. The van der Waals surface area contributed by atoms with Crippen LogP contribution >= 0.6 is 0 Å². The second-order valence-corrected chi connectivity index (χ2v) is 7.07. The van der Waals surface area contributed by atoms with Gasteiger partial charge in [-0.15, -0.1) is 0 Å². The number of nitrogens with zero attached hydrogens (tertiary/aromatic N) is 1. The number of carbonyl (C=O) groups is 1. The van der Waals surface area contributed by atoms with E-state index in [1.54, 1.807) is 6.07 Å². The van der Waals surface area contributed by atoms with Crippen LogP contribution < -0.4 is 10.1 Å². The number of amides is 1. The average Bonchev–Trinajstić information content (AvgIpc) is 2.60. The van der Waals surface area contributed by atoms with Crippen LogP contribution in [0.5, 0.6) is 11.5 Å². The molecule has 0 radical (unpaired) electrons. The van der Waals surface area contributed by atoms with Gasteiger partial charge in [0.1, 0.15) is 11.5 Å². The molecule has 0 bridgehead atoms. The molecule has 0 aromatic heterocycles. The number of hydrogen-bond donors (Lipinski definition) is 2. The molecule has 1 unspecified atom stereocenters. The van der Waals surface area contributed by atoms with Crippen LogP contribution in [0.3, 0.4) is 0 Å². The monoisotopic (exact) mass is 354 g/mol. The van der Waals surface area contributed by atoms with E-state index in [9.17, 15) is 9.90 Å². The van der Waals surface area contributed by atoms with Gasteiger partial charge in [-0.2, -0.15) is 0 Å².